The normalized spacial score (nSPS) is 12.4. The van der Waals surface area contributed by atoms with Crippen molar-refractivity contribution in [1.29, 1.82) is 0 Å². The second-order valence-electron chi connectivity index (χ2n) is 3.01. The average molecular weight is 212 g/mol. The van der Waals surface area contributed by atoms with Crippen LogP contribution in [0, 0.1) is 0 Å². The Kier molecular flexibility index (Phi) is 4.66. The number of halogens is 1. The van der Waals surface area contributed by atoms with E-state index >= 15 is 0 Å². The van der Waals surface area contributed by atoms with Gasteiger partial charge in [0.1, 0.15) is 0 Å². The van der Waals surface area contributed by atoms with Crippen LogP contribution in [-0.4, -0.2) is 18.2 Å². The predicted molar refractivity (Wildman–Crippen MR) is 59.5 cm³/mol. The summed E-state index contributed by atoms with van der Waals surface area (Å²) in [4.78, 5) is 0. The first-order chi connectivity index (χ1) is 6.74. The highest BCUT2D eigenvalue weighted by molar-refractivity contribution is 6.30. The molecule has 76 valence electrons. The van der Waals surface area contributed by atoms with Crippen LogP contribution < -0.4 is 5.32 Å². The molecule has 0 amide bonds. The van der Waals surface area contributed by atoms with Crippen LogP contribution in [-0.2, 0) is 0 Å². The van der Waals surface area contributed by atoms with E-state index in [9.17, 15) is 5.11 Å². The van der Waals surface area contributed by atoms with Crippen LogP contribution in [0.2, 0.25) is 5.02 Å². The van der Waals surface area contributed by atoms with Crippen molar-refractivity contribution in [3.63, 3.8) is 0 Å². The number of hydrogen-bond donors (Lipinski definition) is 2. The number of hydrogen-bond acceptors (Lipinski definition) is 2. The second-order valence-corrected chi connectivity index (χ2v) is 3.45. The van der Waals surface area contributed by atoms with Gasteiger partial charge in [-0.25, -0.2) is 0 Å². The van der Waals surface area contributed by atoms with Gasteiger partial charge in [-0.15, -0.1) is 6.58 Å². The lowest BCUT2D eigenvalue weighted by Crippen LogP contribution is -2.21. The van der Waals surface area contributed by atoms with Crippen molar-refractivity contribution < 1.29 is 5.11 Å². The van der Waals surface area contributed by atoms with Gasteiger partial charge in [0.25, 0.3) is 0 Å². The second kappa shape index (κ2) is 5.81. The largest absolute Gasteiger partial charge is 0.387 e. The smallest absolute Gasteiger partial charge is 0.0914 e. The number of aliphatic hydroxyl groups is 1. The molecule has 0 spiro atoms. The van der Waals surface area contributed by atoms with Gasteiger partial charge in [0, 0.05) is 18.1 Å². The molecule has 1 rings (SSSR count). The van der Waals surface area contributed by atoms with Gasteiger partial charge in [-0.1, -0.05) is 29.8 Å². The van der Waals surface area contributed by atoms with E-state index in [4.69, 9.17) is 11.6 Å². The summed E-state index contributed by atoms with van der Waals surface area (Å²) in [6.07, 6.45) is 1.27. The fourth-order valence-corrected chi connectivity index (χ4v) is 1.25. The highest BCUT2D eigenvalue weighted by Gasteiger charge is 2.05. The molecule has 0 aliphatic rings. The molecule has 0 saturated carbocycles. The topological polar surface area (TPSA) is 32.3 Å². The zero-order chi connectivity index (χ0) is 10.4. The zero-order valence-electron chi connectivity index (χ0n) is 7.91. The molecule has 0 fully saturated rings. The third kappa shape index (κ3) is 3.50. The minimum Gasteiger partial charge on any atom is -0.387 e. The summed E-state index contributed by atoms with van der Waals surface area (Å²) >= 11 is 5.73. The Morgan fingerprint density at radius 3 is 2.64 bits per heavy atom. The molecular formula is C11H14ClNO. The fourth-order valence-electron chi connectivity index (χ4n) is 1.12. The first-order valence-electron chi connectivity index (χ1n) is 4.49. The van der Waals surface area contributed by atoms with E-state index in [1.807, 2.05) is 12.1 Å². The number of nitrogens with one attached hydrogen (secondary N) is 1. The van der Waals surface area contributed by atoms with Crippen LogP contribution in [0.5, 0.6) is 0 Å². The van der Waals surface area contributed by atoms with Crippen molar-refractivity contribution in [3.05, 3.63) is 47.5 Å². The van der Waals surface area contributed by atoms with Crippen molar-refractivity contribution in [2.45, 2.75) is 6.10 Å². The van der Waals surface area contributed by atoms with Crippen LogP contribution in [0.1, 0.15) is 11.7 Å². The number of benzene rings is 1. The lowest BCUT2D eigenvalue weighted by atomic mass is 10.1. The van der Waals surface area contributed by atoms with Crippen molar-refractivity contribution in [1.82, 2.24) is 5.32 Å². The van der Waals surface area contributed by atoms with Crippen molar-refractivity contribution >= 4 is 11.6 Å². The molecule has 0 aromatic heterocycles. The Morgan fingerprint density at radius 2 is 2.07 bits per heavy atom. The fraction of sp³-hybridized carbons (Fsp3) is 0.273. The van der Waals surface area contributed by atoms with Gasteiger partial charge >= 0.3 is 0 Å². The van der Waals surface area contributed by atoms with Crippen molar-refractivity contribution in [2.24, 2.45) is 0 Å². The summed E-state index contributed by atoms with van der Waals surface area (Å²) in [6.45, 7) is 4.80. The van der Waals surface area contributed by atoms with E-state index in [0.29, 0.717) is 18.1 Å². The summed E-state index contributed by atoms with van der Waals surface area (Å²) in [5.74, 6) is 0. The number of rotatable bonds is 5. The third-order valence-electron chi connectivity index (χ3n) is 1.88. The van der Waals surface area contributed by atoms with Gasteiger partial charge in [0.2, 0.25) is 0 Å². The standard InChI is InChI=1S/C11H14ClNO/c1-2-7-13-8-11(14)9-3-5-10(12)6-4-9/h2-6,11,13-14H,1,7-8H2/t11-/m0/s1. The molecule has 0 radical (unpaired) electrons. The van der Waals surface area contributed by atoms with Crippen LogP contribution >= 0.6 is 11.6 Å². The van der Waals surface area contributed by atoms with E-state index in [1.54, 1.807) is 18.2 Å². The van der Waals surface area contributed by atoms with Gasteiger partial charge in [-0.3, -0.25) is 0 Å². The first-order valence-corrected chi connectivity index (χ1v) is 4.87. The average Bonchev–Trinajstić information content (AvgIpc) is 2.19. The summed E-state index contributed by atoms with van der Waals surface area (Å²) in [5, 5.41) is 13.4. The molecule has 0 unspecified atom stereocenters. The Labute approximate surface area is 89.2 Å². The summed E-state index contributed by atoms with van der Waals surface area (Å²) < 4.78 is 0. The van der Waals surface area contributed by atoms with E-state index in [-0.39, 0.29) is 0 Å². The first kappa shape index (κ1) is 11.2. The molecule has 2 N–H and O–H groups in total. The van der Waals surface area contributed by atoms with Crippen molar-refractivity contribution in [2.75, 3.05) is 13.1 Å². The van der Waals surface area contributed by atoms with Gasteiger partial charge in [0.05, 0.1) is 6.10 Å². The molecule has 3 heteroatoms. The quantitative estimate of drug-likeness (QED) is 0.578. The SMILES string of the molecule is C=CCNC[C@H](O)c1ccc(Cl)cc1. The van der Waals surface area contributed by atoms with Gasteiger partial charge in [0.15, 0.2) is 0 Å². The molecule has 1 aromatic rings. The van der Waals surface area contributed by atoms with Crippen LogP contribution in [0.15, 0.2) is 36.9 Å². The van der Waals surface area contributed by atoms with Gasteiger partial charge < -0.3 is 10.4 Å². The number of aliphatic hydroxyl groups excluding tert-OH is 1. The highest BCUT2D eigenvalue weighted by Crippen LogP contribution is 2.15. The van der Waals surface area contributed by atoms with E-state index in [0.717, 1.165) is 5.56 Å². The minimum absolute atomic E-state index is 0.493. The van der Waals surface area contributed by atoms with Crippen LogP contribution in [0.4, 0.5) is 0 Å². The Morgan fingerprint density at radius 1 is 1.43 bits per heavy atom. The van der Waals surface area contributed by atoms with E-state index in [1.165, 1.54) is 0 Å². The third-order valence-corrected chi connectivity index (χ3v) is 2.13. The molecule has 1 aromatic carbocycles. The van der Waals surface area contributed by atoms with Crippen molar-refractivity contribution in [3.8, 4) is 0 Å². The summed E-state index contributed by atoms with van der Waals surface area (Å²) in [7, 11) is 0. The maximum atomic E-state index is 9.70. The van der Waals surface area contributed by atoms with Gasteiger partial charge in [-0.2, -0.15) is 0 Å². The molecule has 0 heterocycles. The summed E-state index contributed by atoms with van der Waals surface area (Å²) in [5.41, 5.74) is 0.867. The lowest BCUT2D eigenvalue weighted by molar-refractivity contribution is 0.176. The molecular weight excluding hydrogens is 198 g/mol. The Hall–Kier alpha value is -0.830. The Balaban J connectivity index is 2.47. The maximum absolute atomic E-state index is 9.70. The van der Waals surface area contributed by atoms with Crippen LogP contribution in [0.3, 0.4) is 0 Å². The summed E-state index contributed by atoms with van der Waals surface area (Å²) in [6, 6.07) is 7.19. The molecule has 0 saturated heterocycles. The lowest BCUT2D eigenvalue weighted by Gasteiger charge is -2.11. The molecule has 0 bridgehead atoms. The van der Waals surface area contributed by atoms with E-state index in [2.05, 4.69) is 11.9 Å². The van der Waals surface area contributed by atoms with Crippen LogP contribution in [0.25, 0.3) is 0 Å². The maximum Gasteiger partial charge on any atom is 0.0914 e. The molecule has 0 aliphatic carbocycles. The van der Waals surface area contributed by atoms with E-state index < -0.39 is 6.10 Å². The van der Waals surface area contributed by atoms with Gasteiger partial charge in [-0.05, 0) is 17.7 Å². The molecule has 14 heavy (non-hydrogen) atoms. The minimum atomic E-state index is -0.493. The predicted octanol–water partition coefficient (Wildman–Crippen LogP) is 2.15. The Bertz CT molecular complexity index is 284. The monoisotopic (exact) mass is 211 g/mol. The molecule has 0 aliphatic heterocycles. The molecule has 1 atom stereocenters. The zero-order valence-corrected chi connectivity index (χ0v) is 8.67. The molecule has 2 nitrogen and oxygen atoms in total. The highest BCUT2D eigenvalue weighted by atomic mass is 35.5.